The summed E-state index contributed by atoms with van der Waals surface area (Å²) in [6, 6.07) is 17.3. The second-order valence-electron chi connectivity index (χ2n) is 10.3. The third kappa shape index (κ3) is 8.36. The van der Waals surface area contributed by atoms with Crippen molar-refractivity contribution < 1.29 is 14.6 Å². The second-order valence-corrected chi connectivity index (χ2v) is 10.8. The molecule has 7 heteroatoms. The Morgan fingerprint density at radius 3 is 2.40 bits per heavy atom. The number of para-hydroxylation sites is 1. The van der Waals surface area contributed by atoms with Gasteiger partial charge in [0.15, 0.2) is 0 Å². The van der Waals surface area contributed by atoms with Crippen molar-refractivity contribution in [3.05, 3.63) is 70.9 Å². The highest BCUT2D eigenvalue weighted by atomic mass is 35.5. The normalized spacial score (nSPS) is 13.0. The number of hydrogen-bond donors (Lipinski definition) is 1. The minimum Gasteiger partial charge on any atom is -0.439 e. The summed E-state index contributed by atoms with van der Waals surface area (Å²) in [5, 5.41) is 16.2. The number of aliphatic hydroxyl groups is 1. The molecule has 6 nitrogen and oxygen atoms in total. The van der Waals surface area contributed by atoms with Crippen LogP contribution in [0, 0.1) is 12.8 Å². The molecule has 0 bridgehead atoms. The van der Waals surface area contributed by atoms with Crippen LogP contribution in [-0.2, 0) is 11.3 Å². The molecule has 0 saturated heterocycles. The summed E-state index contributed by atoms with van der Waals surface area (Å²) in [6.07, 6.45) is -0.602. The Kier molecular flexibility index (Phi) is 9.36. The van der Waals surface area contributed by atoms with Crippen molar-refractivity contribution in [1.82, 2.24) is 14.7 Å². The molecule has 3 aromatic rings. The highest BCUT2D eigenvalue weighted by molar-refractivity contribution is 6.30. The highest BCUT2D eigenvalue weighted by Gasteiger charge is 2.24. The lowest BCUT2D eigenvalue weighted by Crippen LogP contribution is -2.38. The largest absolute Gasteiger partial charge is 0.439 e. The van der Waals surface area contributed by atoms with Gasteiger partial charge in [0.1, 0.15) is 5.75 Å². The molecule has 0 unspecified atom stereocenters. The van der Waals surface area contributed by atoms with Gasteiger partial charge in [0, 0.05) is 24.7 Å². The average molecular weight is 500 g/mol. The van der Waals surface area contributed by atoms with Crippen molar-refractivity contribution in [3.63, 3.8) is 0 Å². The molecule has 0 aliphatic carbocycles. The topological polar surface area (TPSA) is 59.8 Å². The molecule has 2 aromatic carbocycles. The summed E-state index contributed by atoms with van der Waals surface area (Å²) in [7, 11) is 0. The minimum atomic E-state index is -0.602. The van der Waals surface area contributed by atoms with Crippen molar-refractivity contribution in [1.29, 1.82) is 0 Å². The van der Waals surface area contributed by atoms with E-state index < -0.39 is 6.10 Å². The van der Waals surface area contributed by atoms with Gasteiger partial charge in [-0.15, -0.1) is 0 Å². The van der Waals surface area contributed by atoms with E-state index in [1.165, 1.54) is 0 Å². The molecule has 3 rings (SSSR count). The molecule has 1 N–H and O–H groups in total. The third-order valence-corrected chi connectivity index (χ3v) is 5.57. The Hall–Kier alpha value is -2.38. The monoisotopic (exact) mass is 499 g/mol. The fraction of sp³-hybridized carbons (Fsp3) is 0.464. The average Bonchev–Trinajstić information content (AvgIpc) is 3.07. The summed E-state index contributed by atoms with van der Waals surface area (Å²) in [6.45, 7) is 14.5. The molecule has 1 atom stereocenters. The van der Waals surface area contributed by atoms with Crippen LogP contribution in [0.3, 0.4) is 0 Å². The number of aromatic nitrogens is 2. The van der Waals surface area contributed by atoms with Crippen molar-refractivity contribution in [2.45, 2.75) is 59.8 Å². The fourth-order valence-corrected chi connectivity index (χ4v) is 4.03. The van der Waals surface area contributed by atoms with Crippen LogP contribution in [0.25, 0.3) is 5.69 Å². The van der Waals surface area contributed by atoms with E-state index in [0.717, 1.165) is 29.2 Å². The van der Waals surface area contributed by atoms with Crippen LogP contribution in [0.15, 0.2) is 54.6 Å². The number of halogens is 1. The van der Waals surface area contributed by atoms with Gasteiger partial charge in [-0.3, -0.25) is 4.90 Å². The van der Waals surface area contributed by atoms with Gasteiger partial charge in [-0.2, -0.15) is 5.10 Å². The Balaban J connectivity index is 1.94. The Morgan fingerprint density at radius 1 is 1.06 bits per heavy atom. The van der Waals surface area contributed by atoms with E-state index in [1.807, 2.05) is 82.3 Å². The standard InChI is InChI=1S/C28H38ClN3O3/c1-20(2)16-31(17-24(33)19-34-28(4,5)6)18-26-21(3)30-32(23-12-10-11-22(29)15-23)27(26)35-25-13-8-7-9-14-25/h7-15,20,24,33H,16-19H2,1-6H3/t24-/m1/s1. The van der Waals surface area contributed by atoms with E-state index >= 15 is 0 Å². The van der Waals surface area contributed by atoms with E-state index in [0.29, 0.717) is 29.9 Å². The lowest BCUT2D eigenvalue weighted by atomic mass is 10.1. The Morgan fingerprint density at radius 2 is 1.77 bits per heavy atom. The van der Waals surface area contributed by atoms with Gasteiger partial charge in [-0.25, -0.2) is 4.68 Å². The van der Waals surface area contributed by atoms with Crippen LogP contribution in [0.1, 0.15) is 45.9 Å². The van der Waals surface area contributed by atoms with Gasteiger partial charge in [-0.1, -0.05) is 49.7 Å². The van der Waals surface area contributed by atoms with E-state index in [-0.39, 0.29) is 12.2 Å². The van der Waals surface area contributed by atoms with Crippen molar-refractivity contribution in [2.24, 2.45) is 5.92 Å². The van der Waals surface area contributed by atoms with Gasteiger partial charge >= 0.3 is 0 Å². The lowest BCUT2D eigenvalue weighted by Gasteiger charge is -2.28. The maximum atomic E-state index is 10.7. The van der Waals surface area contributed by atoms with Crippen molar-refractivity contribution in [3.8, 4) is 17.3 Å². The number of ether oxygens (including phenoxy) is 2. The summed E-state index contributed by atoms with van der Waals surface area (Å²) in [4.78, 5) is 2.24. The van der Waals surface area contributed by atoms with Crippen LogP contribution in [0.4, 0.5) is 0 Å². The zero-order valence-electron chi connectivity index (χ0n) is 21.7. The van der Waals surface area contributed by atoms with Gasteiger partial charge in [0.05, 0.1) is 35.3 Å². The van der Waals surface area contributed by atoms with Gasteiger partial charge in [0.25, 0.3) is 0 Å². The molecule has 0 aliphatic rings. The maximum absolute atomic E-state index is 10.7. The molecular formula is C28H38ClN3O3. The van der Waals surface area contributed by atoms with Gasteiger partial charge in [0.2, 0.25) is 5.88 Å². The molecule has 0 saturated carbocycles. The number of aliphatic hydroxyl groups excluding tert-OH is 1. The smallest absolute Gasteiger partial charge is 0.227 e. The molecule has 0 fully saturated rings. The van der Waals surface area contributed by atoms with Crippen LogP contribution in [0.5, 0.6) is 11.6 Å². The summed E-state index contributed by atoms with van der Waals surface area (Å²) in [5.74, 6) is 1.80. The van der Waals surface area contributed by atoms with Crippen molar-refractivity contribution >= 4 is 11.6 Å². The predicted molar refractivity (Wildman–Crippen MR) is 142 cm³/mol. The Labute approximate surface area is 214 Å². The van der Waals surface area contributed by atoms with Crippen LogP contribution in [0.2, 0.25) is 5.02 Å². The van der Waals surface area contributed by atoms with E-state index in [9.17, 15) is 5.11 Å². The number of benzene rings is 2. The molecule has 0 amide bonds. The quantitative estimate of drug-likeness (QED) is 0.337. The number of rotatable bonds is 11. The molecule has 35 heavy (non-hydrogen) atoms. The number of aryl methyl sites for hydroxylation is 1. The summed E-state index contributed by atoms with van der Waals surface area (Å²) < 4.78 is 14.0. The first-order chi connectivity index (χ1) is 16.5. The first-order valence-electron chi connectivity index (χ1n) is 12.1. The predicted octanol–water partition coefficient (Wildman–Crippen LogP) is 6.26. The molecular weight excluding hydrogens is 462 g/mol. The minimum absolute atomic E-state index is 0.284. The Bertz CT molecular complexity index is 1080. The number of hydrogen-bond acceptors (Lipinski definition) is 5. The maximum Gasteiger partial charge on any atom is 0.227 e. The first-order valence-corrected chi connectivity index (χ1v) is 12.5. The molecule has 0 radical (unpaired) electrons. The lowest BCUT2D eigenvalue weighted by molar-refractivity contribution is -0.0573. The van der Waals surface area contributed by atoms with E-state index in [2.05, 4.69) is 18.7 Å². The zero-order valence-corrected chi connectivity index (χ0v) is 22.4. The number of nitrogens with zero attached hydrogens (tertiary/aromatic N) is 3. The van der Waals surface area contributed by atoms with Gasteiger partial charge < -0.3 is 14.6 Å². The molecule has 190 valence electrons. The zero-order chi connectivity index (χ0) is 25.6. The molecule has 1 aromatic heterocycles. The first kappa shape index (κ1) is 27.2. The molecule has 1 heterocycles. The summed E-state index contributed by atoms with van der Waals surface area (Å²) in [5.41, 5.74) is 2.37. The van der Waals surface area contributed by atoms with Crippen molar-refractivity contribution in [2.75, 3.05) is 19.7 Å². The molecule has 0 spiro atoms. The van der Waals surface area contributed by atoms with E-state index in [4.69, 9.17) is 26.2 Å². The molecule has 0 aliphatic heterocycles. The van der Waals surface area contributed by atoms with Crippen LogP contribution >= 0.6 is 11.6 Å². The SMILES string of the molecule is Cc1nn(-c2cccc(Cl)c2)c(Oc2ccccc2)c1CN(CC(C)C)C[C@@H](O)COC(C)(C)C. The van der Waals surface area contributed by atoms with Crippen LogP contribution < -0.4 is 4.74 Å². The second kappa shape index (κ2) is 12.0. The summed E-state index contributed by atoms with van der Waals surface area (Å²) >= 11 is 6.28. The highest BCUT2D eigenvalue weighted by Crippen LogP contribution is 2.32. The van der Waals surface area contributed by atoms with Crippen LogP contribution in [-0.4, -0.2) is 51.2 Å². The van der Waals surface area contributed by atoms with Gasteiger partial charge in [-0.05, 0) is 63.9 Å². The fourth-order valence-electron chi connectivity index (χ4n) is 3.85. The van der Waals surface area contributed by atoms with E-state index in [1.54, 1.807) is 4.68 Å². The third-order valence-electron chi connectivity index (χ3n) is 5.33.